The van der Waals surface area contributed by atoms with Crippen molar-refractivity contribution in [2.24, 2.45) is 0 Å². The number of hydrogen-bond donors (Lipinski definition) is 1. The van der Waals surface area contributed by atoms with Crippen molar-refractivity contribution in [3.05, 3.63) is 52.2 Å². The predicted octanol–water partition coefficient (Wildman–Crippen LogP) is 4.43. The summed E-state index contributed by atoms with van der Waals surface area (Å²) in [5.74, 6) is -3.95. The van der Waals surface area contributed by atoms with E-state index in [1.165, 1.54) is 30.0 Å². The normalized spacial score (nSPS) is 19.0. The quantitative estimate of drug-likeness (QED) is 0.668. The molecular formula is C20H21ClF3N3O3. The van der Waals surface area contributed by atoms with Gasteiger partial charge in [-0.2, -0.15) is 0 Å². The summed E-state index contributed by atoms with van der Waals surface area (Å²) in [6, 6.07) is 4.07. The van der Waals surface area contributed by atoms with E-state index in [0.29, 0.717) is 6.92 Å². The number of halogens is 4. The van der Waals surface area contributed by atoms with Crippen molar-refractivity contribution >= 4 is 23.5 Å². The maximum atomic E-state index is 14.4. The highest BCUT2D eigenvalue weighted by molar-refractivity contribution is 6.29. The second kappa shape index (κ2) is 8.39. The number of aliphatic hydroxyl groups is 1. The van der Waals surface area contributed by atoms with Gasteiger partial charge in [-0.3, -0.25) is 4.90 Å². The van der Waals surface area contributed by atoms with Crippen LogP contribution >= 0.6 is 11.6 Å². The van der Waals surface area contributed by atoms with Gasteiger partial charge in [-0.1, -0.05) is 30.7 Å². The van der Waals surface area contributed by atoms with Crippen molar-refractivity contribution in [2.45, 2.75) is 51.2 Å². The third-order valence-corrected chi connectivity index (χ3v) is 5.16. The van der Waals surface area contributed by atoms with Crippen LogP contribution in [-0.2, 0) is 17.1 Å². The number of nitrogens with zero attached hydrogens (tertiary/aromatic N) is 3. The minimum atomic E-state index is -3.14. The fourth-order valence-corrected chi connectivity index (χ4v) is 3.50. The maximum Gasteiger partial charge on any atom is 0.416 e. The Bertz CT molecular complexity index is 953. The maximum absolute atomic E-state index is 14.4. The van der Waals surface area contributed by atoms with Gasteiger partial charge >= 0.3 is 6.09 Å². The van der Waals surface area contributed by atoms with E-state index >= 15 is 0 Å². The molecule has 1 aliphatic heterocycles. The van der Waals surface area contributed by atoms with Gasteiger partial charge in [0.2, 0.25) is 0 Å². The zero-order valence-electron chi connectivity index (χ0n) is 16.6. The lowest BCUT2D eigenvalue weighted by Crippen LogP contribution is -2.41. The first-order chi connectivity index (χ1) is 14.0. The summed E-state index contributed by atoms with van der Waals surface area (Å²) in [5.41, 5.74) is -0.176. The molecule has 1 amide bonds. The summed E-state index contributed by atoms with van der Waals surface area (Å²) in [5, 5.41) is 9.96. The van der Waals surface area contributed by atoms with Crippen molar-refractivity contribution in [3.63, 3.8) is 0 Å². The molecule has 0 unspecified atom stereocenters. The number of carbonyl (C=O) groups excluding carboxylic acids is 1. The number of cyclic esters (lactones) is 1. The van der Waals surface area contributed by atoms with Gasteiger partial charge in [-0.15, -0.1) is 0 Å². The second-order valence-electron chi connectivity index (χ2n) is 7.45. The summed E-state index contributed by atoms with van der Waals surface area (Å²) in [4.78, 5) is 21.7. The number of ether oxygens (including phenoxy) is 1. The van der Waals surface area contributed by atoms with E-state index in [1.54, 1.807) is 6.92 Å². The molecule has 0 saturated carbocycles. The molecule has 0 bridgehead atoms. The Balaban J connectivity index is 1.86. The first-order valence-corrected chi connectivity index (χ1v) is 9.70. The fraction of sp³-hybridized carbons (Fsp3) is 0.450. The van der Waals surface area contributed by atoms with Gasteiger partial charge in [0.1, 0.15) is 35.3 Å². The lowest BCUT2D eigenvalue weighted by molar-refractivity contribution is 0.0171. The van der Waals surface area contributed by atoms with E-state index in [-0.39, 0.29) is 35.4 Å². The van der Waals surface area contributed by atoms with Gasteiger partial charge in [-0.05, 0) is 24.5 Å². The van der Waals surface area contributed by atoms with Crippen LogP contribution in [0.2, 0.25) is 5.15 Å². The molecule has 2 heterocycles. The van der Waals surface area contributed by atoms with Crippen molar-refractivity contribution in [1.82, 2.24) is 9.97 Å². The van der Waals surface area contributed by atoms with Crippen LogP contribution in [0.25, 0.3) is 0 Å². The summed E-state index contributed by atoms with van der Waals surface area (Å²) in [6.07, 6.45) is -1.39. The molecule has 1 aromatic heterocycles. The van der Waals surface area contributed by atoms with E-state index in [2.05, 4.69) is 9.97 Å². The molecule has 30 heavy (non-hydrogen) atoms. The molecule has 1 fully saturated rings. The fourth-order valence-electron chi connectivity index (χ4n) is 3.30. The number of aromatic nitrogens is 2. The van der Waals surface area contributed by atoms with Crippen LogP contribution in [0.4, 0.5) is 23.8 Å². The Hall–Kier alpha value is -2.39. The van der Waals surface area contributed by atoms with E-state index in [4.69, 9.17) is 16.3 Å². The Morgan fingerprint density at radius 1 is 1.33 bits per heavy atom. The van der Waals surface area contributed by atoms with Crippen LogP contribution in [0.5, 0.6) is 0 Å². The van der Waals surface area contributed by atoms with Gasteiger partial charge in [0, 0.05) is 25.0 Å². The minimum Gasteiger partial charge on any atom is -0.447 e. The average molecular weight is 444 g/mol. The summed E-state index contributed by atoms with van der Waals surface area (Å²) < 4.78 is 46.2. The largest absolute Gasteiger partial charge is 0.447 e. The highest BCUT2D eigenvalue weighted by Gasteiger charge is 2.38. The SMILES string of the molecule is C[C@H](Cc1nc(Cl)cc(N2C(=O)OC[C@@H]2[C@@H](C)O)n1)c1ccc(C(C)(F)F)cc1F. The molecule has 1 N–H and O–H groups in total. The van der Waals surface area contributed by atoms with Gasteiger partial charge in [0.15, 0.2) is 0 Å². The number of aliphatic hydroxyl groups excluding tert-OH is 1. The van der Waals surface area contributed by atoms with Crippen LogP contribution in [0, 0.1) is 5.82 Å². The van der Waals surface area contributed by atoms with Crippen molar-refractivity contribution in [3.8, 4) is 0 Å². The smallest absolute Gasteiger partial charge is 0.416 e. The molecule has 2 aromatic rings. The number of alkyl halides is 2. The minimum absolute atomic E-state index is 0.00345. The molecule has 10 heteroatoms. The number of amides is 1. The van der Waals surface area contributed by atoms with E-state index < -0.39 is 41.5 Å². The lowest BCUT2D eigenvalue weighted by Gasteiger charge is -2.23. The number of anilines is 1. The van der Waals surface area contributed by atoms with Crippen molar-refractivity contribution < 1.29 is 27.8 Å². The summed E-state index contributed by atoms with van der Waals surface area (Å²) in [6.45, 7) is 3.94. The Morgan fingerprint density at radius 2 is 2.03 bits per heavy atom. The van der Waals surface area contributed by atoms with Crippen LogP contribution in [0.1, 0.15) is 43.6 Å². The van der Waals surface area contributed by atoms with Gasteiger partial charge < -0.3 is 9.84 Å². The number of hydrogen-bond acceptors (Lipinski definition) is 5. The van der Waals surface area contributed by atoms with Gasteiger partial charge in [0.05, 0.1) is 6.10 Å². The zero-order valence-corrected chi connectivity index (χ0v) is 17.3. The van der Waals surface area contributed by atoms with Crippen LogP contribution < -0.4 is 4.90 Å². The van der Waals surface area contributed by atoms with Crippen molar-refractivity contribution in [2.75, 3.05) is 11.5 Å². The molecule has 1 aromatic carbocycles. The Kier molecular flexibility index (Phi) is 6.24. The molecule has 0 spiro atoms. The highest BCUT2D eigenvalue weighted by atomic mass is 35.5. The molecule has 162 valence electrons. The standard InChI is InChI=1S/C20H21ClF3N3O3/c1-10(13-5-4-12(7-14(13)22)20(3,23)24)6-17-25-16(21)8-18(26-17)27-15(11(2)28)9-30-19(27)29/h4-5,7-8,10-11,15,28H,6,9H2,1-3H3/t10-,11-,15-/m1/s1. The van der Waals surface area contributed by atoms with Gasteiger partial charge in [0.25, 0.3) is 5.92 Å². The number of rotatable bonds is 6. The first kappa shape index (κ1) is 22.3. The van der Waals surface area contributed by atoms with Crippen LogP contribution in [0.3, 0.4) is 0 Å². The molecule has 6 nitrogen and oxygen atoms in total. The lowest BCUT2D eigenvalue weighted by atomic mass is 9.95. The number of carbonyl (C=O) groups is 1. The Morgan fingerprint density at radius 3 is 2.63 bits per heavy atom. The van der Waals surface area contributed by atoms with E-state index in [0.717, 1.165) is 6.07 Å². The molecule has 1 saturated heterocycles. The summed E-state index contributed by atoms with van der Waals surface area (Å²) >= 11 is 6.09. The van der Waals surface area contributed by atoms with E-state index in [9.17, 15) is 23.1 Å². The molecule has 3 rings (SSSR count). The van der Waals surface area contributed by atoms with Crippen molar-refractivity contribution in [1.29, 1.82) is 0 Å². The molecule has 1 aliphatic rings. The topological polar surface area (TPSA) is 75.6 Å². The Labute approximate surface area is 176 Å². The first-order valence-electron chi connectivity index (χ1n) is 9.32. The zero-order chi connectivity index (χ0) is 22.2. The number of benzene rings is 1. The third-order valence-electron chi connectivity index (χ3n) is 4.96. The van der Waals surface area contributed by atoms with E-state index in [1.807, 2.05) is 0 Å². The highest BCUT2D eigenvalue weighted by Crippen LogP contribution is 2.31. The van der Waals surface area contributed by atoms with Gasteiger partial charge in [-0.25, -0.2) is 27.9 Å². The molecular weight excluding hydrogens is 423 g/mol. The predicted molar refractivity (Wildman–Crippen MR) is 104 cm³/mol. The second-order valence-corrected chi connectivity index (χ2v) is 7.84. The van der Waals surface area contributed by atoms with Crippen LogP contribution in [-0.4, -0.2) is 39.9 Å². The molecule has 0 aliphatic carbocycles. The van der Waals surface area contributed by atoms with Crippen LogP contribution in [0.15, 0.2) is 24.3 Å². The average Bonchev–Trinajstić information content (AvgIpc) is 3.02. The summed E-state index contributed by atoms with van der Waals surface area (Å²) in [7, 11) is 0. The molecule has 0 radical (unpaired) electrons. The monoisotopic (exact) mass is 443 g/mol. The molecule has 3 atom stereocenters. The third kappa shape index (κ3) is 4.67.